The molecular formula is C21H23F6NO4. The van der Waals surface area contributed by atoms with Crippen molar-refractivity contribution in [2.75, 3.05) is 14.2 Å². The van der Waals surface area contributed by atoms with E-state index in [0.29, 0.717) is 29.2 Å². The molecule has 32 heavy (non-hydrogen) atoms. The highest BCUT2D eigenvalue weighted by Gasteiger charge is 2.37. The van der Waals surface area contributed by atoms with E-state index in [9.17, 15) is 31.4 Å². The number of hydrogen-bond acceptors (Lipinski definition) is 5. The molecule has 0 radical (unpaired) electrons. The lowest BCUT2D eigenvalue weighted by Gasteiger charge is -2.29. The lowest BCUT2D eigenvalue weighted by atomic mass is 9.91. The monoisotopic (exact) mass is 467 g/mol. The Morgan fingerprint density at radius 2 is 1.47 bits per heavy atom. The van der Waals surface area contributed by atoms with Crippen molar-refractivity contribution in [1.82, 2.24) is 0 Å². The summed E-state index contributed by atoms with van der Waals surface area (Å²) in [6, 6.07) is 5.83. The standard InChI is InChI=1S/C21H23F6NO4/c1-19(29,16-5-4-15(30-2)9-17(16)31-3)10-18(28)32-11-12-6-13(20(22,23)24)8-14(7-12)21(25,26)27/h4-9,18,29H,10-11,28H2,1-3H3. The van der Waals surface area contributed by atoms with Crippen molar-refractivity contribution in [3.63, 3.8) is 0 Å². The highest BCUT2D eigenvalue weighted by molar-refractivity contribution is 5.43. The topological polar surface area (TPSA) is 73.9 Å². The van der Waals surface area contributed by atoms with Gasteiger partial charge in [0.2, 0.25) is 0 Å². The van der Waals surface area contributed by atoms with Gasteiger partial charge < -0.3 is 25.1 Å². The van der Waals surface area contributed by atoms with Crippen molar-refractivity contribution in [1.29, 1.82) is 0 Å². The Bertz CT molecular complexity index is 895. The summed E-state index contributed by atoms with van der Waals surface area (Å²) in [5.41, 5.74) is 1.36. The van der Waals surface area contributed by atoms with Crippen LogP contribution in [-0.2, 0) is 29.3 Å². The van der Waals surface area contributed by atoms with Crippen LogP contribution in [-0.4, -0.2) is 25.6 Å². The zero-order valence-electron chi connectivity index (χ0n) is 17.5. The molecule has 5 nitrogen and oxygen atoms in total. The van der Waals surface area contributed by atoms with Crippen LogP contribution in [0.2, 0.25) is 0 Å². The number of nitrogens with two attached hydrogens (primary N) is 1. The van der Waals surface area contributed by atoms with Gasteiger partial charge in [0.1, 0.15) is 17.7 Å². The first kappa shape index (κ1) is 25.8. The second kappa shape index (κ2) is 9.55. The first-order chi connectivity index (χ1) is 14.7. The molecule has 0 heterocycles. The van der Waals surface area contributed by atoms with Crippen LogP contribution in [0.1, 0.15) is 35.6 Å². The van der Waals surface area contributed by atoms with Gasteiger partial charge in [-0.3, -0.25) is 0 Å². The molecule has 0 fully saturated rings. The maximum Gasteiger partial charge on any atom is 0.416 e. The molecule has 0 aliphatic heterocycles. The molecule has 2 aromatic carbocycles. The van der Waals surface area contributed by atoms with E-state index in [4.69, 9.17) is 19.9 Å². The Morgan fingerprint density at radius 1 is 0.906 bits per heavy atom. The molecule has 3 N–H and O–H groups in total. The van der Waals surface area contributed by atoms with Crippen LogP contribution in [0.15, 0.2) is 36.4 Å². The van der Waals surface area contributed by atoms with Gasteiger partial charge in [-0.15, -0.1) is 0 Å². The Kier molecular flexibility index (Phi) is 7.69. The molecule has 11 heteroatoms. The predicted molar refractivity (Wildman–Crippen MR) is 103 cm³/mol. The van der Waals surface area contributed by atoms with E-state index in [1.165, 1.54) is 27.2 Å². The Morgan fingerprint density at radius 3 is 1.94 bits per heavy atom. The third-order valence-corrected chi connectivity index (χ3v) is 4.70. The molecule has 2 atom stereocenters. The summed E-state index contributed by atoms with van der Waals surface area (Å²) in [5.74, 6) is 0.779. The summed E-state index contributed by atoms with van der Waals surface area (Å²) in [5, 5.41) is 10.9. The van der Waals surface area contributed by atoms with Crippen LogP contribution < -0.4 is 15.2 Å². The second-order valence-electron chi connectivity index (χ2n) is 7.31. The number of aliphatic hydroxyl groups is 1. The lowest BCUT2D eigenvalue weighted by Crippen LogP contribution is -2.34. The Hall–Kier alpha value is -2.50. The summed E-state index contributed by atoms with van der Waals surface area (Å²) < 4.78 is 93.5. The zero-order chi connectivity index (χ0) is 24.3. The normalized spacial score (nSPS) is 15.2. The van der Waals surface area contributed by atoms with E-state index in [-0.39, 0.29) is 18.1 Å². The maximum absolute atomic E-state index is 13.0. The largest absolute Gasteiger partial charge is 0.497 e. The van der Waals surface area contributed by atoms with Crippen LogP contribution in [0.25, 0.3) is 0 Å². The molecular weight excluding hydrogens is 444 g/mol. The van der Waals surface area contributed by atoms with Gasteiger partial charge in [0.25, 0.3) is 0 Å². The summed E-state index contributed by atoms with van der Waals surface area (Å²) >= 11 is 0. The van der Waals surface area contributed by atoms with Crippen molar-refractivity contribution in [2.45, 2.75) is 44.1 Å². The third kappa shape index (κ3) is 6.50. The fraction of sp³-hybridized carbons (Fsp3) is 0.429. The number of ether oxygens (including phenoxy) is 3. The Labute approximate surface area is 180 Å². The predicted octanol–water partition coefficient (Wildman–Crippen LogP) is 4.84. The molecule has 2 rings (SSSR count). The van der Waals surface area contributed by atoms with Gasteiger partial charge in [0.15, 0.2) is 0 Å². The number of alkyl halides is 6. The van der Waals surface area contributed by atoms with E-state index >= 15 is 0 Å². The molecule has 2 aromatic rings. The molecule has 0 spiro atoms. The highest BCUT2D eigenvalue weighted by Crippen LogP contribution is 2.38. The van der Waals surface area contributed by atoms with Crippen molar-refractivity contribution in [3.8, 4) is 11.5 Å². The van der Waals surface area contributed by atoms with Gasteiger partial charge >= 0.3 is 12.4 Å². The van der Waals surface area contributed by atoms with Crippen LogP contribution in [0.5, 0.6) is 11.5 Å². The minimum Gasteiger partial charge on any atom is -0.497 e. The molecule has 0 aliphatic carbocycles. The van der Waals surface area contributed by atoms with E-state index in [1.807, 2.05) is 0 Å². The molecule has 0 amide bonds. The number of halogens is 6. The third-order valence-electron chi connectivity index (χ3n) is 4.70. The number of methoxy groups -OCH3 is 2. The zero-order valence-corrected chi connectivity index (χ0v) is 17.5. The number of benzene rings is 2. The molecule has 0 saturated heterocycles. The molecule has 0 aromatic heterocycles. The van der Waals surface area contributed by atoms with Crippen LogP contribution in [0.4, 0.5) is 26.3 Å². The van der Waals surface area contributed by atoms with Gasteiger partial charge in [0, 0.05) is 18.1 Å². The first-order valence-corrected chi connectivity index (χ1v) is 9.28. The summed E-state index contributed by atoms with van der Waals surface area (Å²) in [6.07, 6.45) is -11.4. The smallest absolute Gasteiger partial charge is 0.416 e. The highest BCUT2D eigenvalue weighted by atomic mass is 19.4. The van der Waals surface area contributed by atoms with Gasteiger partial charge in [-0.25, -0.2) is 0 Å². The van der Waals surface area contributed by atoms with Crippen molar-refractivity contribution >= 4 is 0 Å². The van der Waals surface area contributed by atoms with E-state index in [2.05, 4.69) is 0 Å². The van der Waals surface area contributed by atoms with Crippen molar-refractivity contribution < 1.29 is 45.7 Å². The molecule has 2 unspecified atom stereocenters. The molecule has 178 valence electrons. The van der Waals surface area contributed by atoms with E-state index < -0.39 is 41.9 Å². The SMILES string of the molecule is COc1ccc(C(C)(O)CC(N)OCc2cc(C(F)(F)F)cc(C(F)(F)F)c2)c(OC)c1. The van der Waals surface area contributed by atoms with E-state index in [1.54, 1.807) is 12.1 Å². The average molecular weight is 467 g/mol. The van der Waals surface area contributed by atoms with Gasteiger partial charge in [-0.05, 0) is 42.8 Å². The van der Waals surface area contributed by atoms with Gasteiger partial charge in [-0.1, -0.05) is 0 Å². The molecule has 0 bridgehead atoms. The average Bonchev–Trinajstić information content (AvgIpc) is 2.69. The van der Waals surface area contributed by atoms with Crippen molar-refractivity contribution in [3.05, 3.63) is 58.7 Å². The summed E-state index contributed by atoms with van der Waals surface area (Å²) in [7, 11) is 2.84. The first-order valence-electron chi connectivity index (χ1n) is 9.28. The fourth-order valence-electron chi connectivity index (χ4n) is 3.11. The summed E-state index contributed by atoms with van der Waals surface area (Å²) in [4.78, 5) is 0. The fourth-order valence-corrected chi connectivity index (χ4v) is 3.11. The summed E-state index contributed by atoms with van der Waals surface area (Å²) in [6.45, 7) is 0.802. The van der Waals surface area contributed by atoms with Crippen LogP contribution >= 0.6 is 0 Å². The lowest BCUT2D eigenvalue weighted by molar-refractivity contribution is -0.143. The van der Waals surface area contributed by atoms with Crippen LogP contribution in [0.3, 0.4) is 0 Å². The van der Waals surface area contributed by atoms with Gasteiger partial charge in [-0.2, -0.15) is 26.3 Å². The second-order valence-corrected chi connectivity index (χ2v) is 7.31. The quantitative estimate of drug-likeness (QED) is 0.429. The minimum atomic E-state index is -4.97. The Balaban J connectivity index is 2.18. The number of hydrogen-bond donors (Lipinski definition) is 2. The van der Waals surface area contributed by atoms with Crippen molar-refractivity contribution in [2.24, 2.45) is 5.73 Å². The molecule has 0 saturated carbocycles. The van der Waals surface area contributed by atoms with E-state index in [0.717, 1.165) is 0 Å². The van der Waals surface area contributed by atoms with Crippen LogP contribution in [0, 0.1) is 0 Å². The van der Waals surface area contributed by atoms with Gasteiger partial charge in [0.05, 0.1) is 37.6 Å². The molecule has 0 aliphatic rings. The number of rotatable bonds is 8. The minimum absolute atomic E-state index is 0.0319. The maximum atomic E-state index is 13.0.